The van der Waals surface area contributed by atoms with Gasteiger partial charge < -0.3 is 19.4 Å². The van der Waals surface area contributed by atoms with Gasteiger partial charge in [0.2, 0.25) is 5.89 Å². The molecule has 1 aliphatic heterocycles. The maximum Gasteiger partial charge on any atom is 0.407 e. The van der Waals surface area contributed by atoms with E-state index in [1.54, 1.807) is 20.8 Å². The van der Waals surface area contributed by atoms with E-state index in [2.05, 4.69) is 15.5 Å². The summed E-state index contributed by atoms with van der Waals surface area (Å²) in [5.74, 6) is 0.207. The van der Waals surface area contributed by atoms with Gasteiger partial charge in [0.05, 0.1) is 0 Å². The fourth-order valence-corrected chi connectivity index (χ4v) is 2.60. The SMILES string of the molecule is CC(C)(C)OC(=O)NC1CCN(c2nnc(CCCC(F)(F)F)o2)CC1. The Morgan fingerprint density at radius 1 is 1.27 bits per heavy atom. The molecule has 0 spiro atoms. The van der Waals surface area contributed by atoms with Crippen molar-refractivity contribution in [2.24, 2.45) is 0 Å². The van der Waals surface area contributed by atoms with Crippen molar-refractivity contribution in [1.29, 1.82) is 0 Å². The number of hydrogen-bond acceptors (Lipinski definition) is 6. The quantitative estimate of drug-likeness (QED) is 0.845. The molecule has 1 amide bonds. The van der Waals surface area contributed by atoms with Gasteiger partial charge in [0, 0.05) is 32.0 Å². The minimum Gasteiger partial charge on any atom is -0.444 e. The molecule has 148 valence electrons. The first kappa shape index (κ1) is 20.3. The lowest BCUT2D eigenvalue weighted by Crippen LogP contribution is -2.46. The van der Waals surface area contributed by atoms with E-state index in [1.807, 2.05) is 4.90 Å². The van der Waals surface area contributed by atoms with Gasteiger partial charge in [0.15, 0.2) is 0 Å². The monoisotopic (exact) mass is 378 g/mol. The summed E-state index contributed by atoms with van der Waals surface area (Å²) in [7, 11) is 0. The Morgan fingerprint density at radius 3 is 2.50 bits per heavy atom. The zero-order chi connectivity index (χ0) is 19.4. The van der Waals surface area contributed by atoms with Gasteiger partial charge in [-0.1, -0.05) is 5.10 Å². The van der Waals surface area contributed by atoms with Gasteiger partial charge in [-0.3, -0.25) is 0 Å². The van der Waals surface area contributed by atoms with Crippen LogP contribution in [-0.2, 0) is 11.2 Å². The van der Waals surface area contributed by atoms with Crippen LogP contribution < -0.4 is 10.2 Å². The molecule has 0 bridgehead atoms. The van der Waals surface area contributed by atoms with E-state index in [9.17, 15) is 18.0 Å². The Hall–Kier alpha value is -2.00. The molecule has 10 heteroatoms. The average Bonchev–Trinajstić information content (AvgIpc) is 2.93. The molecule has 1 N–H and O–H groups in total. The summed E-state index contributed by atoms with van der Waals surface area (Å²) in [5, 5.41) is 10.5. The van der Waals surface area contributed by atoms with Crippen LogP contribution in [0.1, 0.15) is 52.3 Å². The Kier molecular flexibility index (Phi) is 6.35. The highest BCUT2D eigenvalue weighted by Gasteiger charge is 2.28. The maximum absolute atomic E-state index is 12.2. The number of hydrogen-bond donors (Lipinski definition) is 1. The number of alkyl halides is 3. The third kappa shape index (κ3) is 7.09. The summed E-state index contributed by atoms with van der Waals surface area (Å²) in [6.07, 6.45) is -4.09. The number of halogens is 3. The van der Waals surface area contributed by atoms with Crippen LogP contribution in [0.25, 0.3) is 0 Å². The molecular formula is C16H25F3N4O3. The lowest BCUT2D eigenvalue weighted by molar-refractivity contribution is -0.135. The number of carbonyl (C=O) groups excluding carboxylic acids is 1. The Bertz CT molecular complexity index is 590. The van der Waals surface area contributed by atoms with Crippen molar-refractivity contribution >= 4 is 12.1 Å². The van der Waals surface area contributed by atoms with E-state index in [0.29, 0.717) is 31.9 Å². The standard InChI is InChI=1S/C16H25F3N4O3/c1-15(2,3)26-14(24)20-11-6-9-23(10-7-11)13-22-21-12(25-13)5-4-8-16(17,18)19/h11H,4-10H2,1-3H3,(H,20,24). The molecule has 0 aliphatic carbocycles. The van der Waals surface area contributed by atoms with E-state index >= 15 is 0 Å². The smallest absolute Gasteiger partial charge is 0.407 e. The Morgan fingerprint density at radius 2 is 1.92 bits per heavy atom. The van der Waals surface area contributed by atoms with Gasteiger partial charge in [-0.25, -0.2) is 4.79 Å². The molecule has 2 rings (SSSR count). The first-order valence-corrected chi connectivity index (χ1v) is 8.65. The van der Waals surface area contributed by atoms with E-state index in [-0.39, 0.29) is 24.8 Å². The highest BCUT2D eigenvalue weighted by atomic mass is 19.4. The van der Waals surface area contributed by atoms with Gasteiger partial charge >= 0.3 is 18.3 Å². The molecule has 0 radical (unpaired) electrons. The van der Waals surface area contributed by atoms with Gasteiger partial charge in [0.1, 0.15) is 5.60 Å². The predicted molar refractivity (Wildman–Crippen MR) is 87.9 cm³/mol. The zero-order valence-corrected chi connectivity index (χ0v) is 15.2. The molecule has 1 aromatic rings. The summed E-state index contributed by atoms with van der Waals surface area (Å²) in [4.78, 5) is 13.7. The number of piperidine rings is 1. The molecule has 0 unspecified atom stereocenters. The second kappa shape index (κ2) is 8.13. The number of ether oxygens (including phenoxy) is 1. The highest BCUT2D eigenvalue weighted by molar-refractivity contribution is 5.68. The number of aryl methyl sites for hydroxylation is 1. The van der Waals surface area contributed by atoms with Crippen LogP contribution in [0.3, 0.4) is 0 Å². The van der Waals surface area contributed by atoms with Crippen molar-refractivity contribution in [1.82, 2.24) is 15.5 Å². The summed E-state index contributed by atoms with van der Waals surface area (Å²) < 4.78 is 47.2. The van der Waals surface area contributed by atoms with Crippen LogP contribution in [0.5, 0.6) is 0 Å². The number of amides is 1. The van der Waals surface area contributed by atoms with Gasteiger partial charge in [0.25, 0.3) is 0 Å². The molecule has 0 aromatic carbocycles. The fourth-order valence-electron chi connectivity index (χ4n) is 2.60. The lowest BCUT2D eigenvalue weighted by atomic mass is 10.1. The minimum absolute atomic E-state index is 0.00437. The van der Waals surface area contributed by atoms with Crippen LogP contribution in [0, 0.1) is 0 Å². The van der Waals surface area contributed by atoms with E-state index in [1.165, 1.54) is 0 Å². The van der Waals surface area contributed by atoms with Crippen molar-refractivity contribution in [2.75, 3.05) is 18.0 Å². The van der Waals surface area contributed by atoms with Crippen LogP contribution in [-0.4, -0.2) is 47.2 Å². The number of nitrogens with one attached hydrogen (secondary N) is 1. The predicted octanol–water partition coefficient (Wildman–Crippen LogP) is 3.45. The maximum atomic E-state index is 12.2. The summed E-state index contributed by atoms with van der Waals surface area (Å²) in [6.45, 7) is 6.61. The first-order chi connectivity index (χ1) is 12.0. The highest BCUT2D eigenvalue weighted by Crippen LogP contribution is 2.24. The van der Waals surface area contributed by atoms with E-state index < -0.39 is 24.3 Å². The molecule has 7 nitrogen and oxygen atoms in total. The molecule has 26 heavy (non-hydrogen) atoms. The molecule has 1 aromatic heterocycles. The molecule has 0 saturated carbocycles. The number of aromatic nitrogens is 2. The third-order valence-corrected chi connectivity index (χ3v) is 3.79. The second-order valence-electron chi connectivity index (χ2n) is 7.35. The number of alkyl carbamates (subject to hydrolysis) is 1. The lowest BCUT2D eigenvalue weighted by Gasteiger charge is -2.31. The molecule has 0 atom stereocenters. The van der Waals surface area contributed by atoms with Crippen molar-refractivity contribution < 1.29 is 27.1 Å². The molecule has 2 heterocycles. The minimum atomic E-state index is -4.17. The van der Waals surface area contributed by atoms with Crippen LogP contribution in [0.15, 0.2) is 4.42 Å². The number of anilines is 1. The Balaban J connectivity index is 1.75. The number of rotatable bonds is 5. The van der Waals surface area contributed by atoms with Crippen LogP contribution in [0.2, 0.25) is 0 Å². The second-order valence-corrected chi connectivity index (χ2v) is 7.35. The number of carbonyl (C=O) groups is 1. The largest absolute Gasteiger partial charge is 0.444 e. The molecule has 1 saturated heterocycles. The van der Waals surface area contributed by atoms with E-state index in [4.69, 9.17) is 9.15 Å². The van der Waals surface area contributed by atoms with Crippen LogP contribution in [0.4, 0.5) is 24.0 Å². The molecule has 1 fully saturated rings. The van der Waals surface area contributed by atoms with Crippen LogP contribution >= 0.6 is 0 Å². The fraction of sp³-hybridized carbons (Fsp3) is 0.812. The van der Waals surface area contributed by atoms with E-state index in [0.717, 1.165) is 0 Å². The van der Waals surface area contributed by atoms with Gasteiger partial charge in [-0.2, -0.15) is 13.2 Å². The van der Waals surface area contributed by atoms with Crippen molar-refractivity contribution in [3.8, 4) is 0 Å². The normalized spacial score (nSPS) is 16.6. The van der Waals surface area contributed by atoms with Crippen molar-refractivity contribution in [3.05, 3.63) is 5.89 Å². The van der Waals surface area contributed by atoms with Gasteiger partial charge in [-0.15, -0.1) is 5.10 Å². The summed E-state index contributed by atoms with van der Waals surface area (Å²) in [5.41, 5.74) is -0.545. The summed E-state index contributed by atoms with van der Waals surface area (Å²) >= 11 is 0. The number of nitrogens with zero attached hydrogens (tertiary/aromatic N) is 3. The third-order valence-electron chi connectivity index (χ3n) is 3.79. The zero-order valence-electron chi connectivity index (χ0n) is 15.2. The van der Waals surface area contributed by atoms with Crippen molar-refractivity contribution in [2.45, 2.75) is 70.7 Å². The molecule has 1 aliphatic rings. The topological polar surface area (TPSA) is 80.5 Å². The first-order valence-electron chi connectivity index (χ1n) is 8.65. The van der Waals surface area contributed by atoms with Gasteiger partial charge in [-0.05, 0) is 40.0 Å². The van der Waals surface area contributed by atoms with Crippen molar-refractivity contribution in [3.63, 3.8) is 0 Å². The Labute approximate surface area is 150 Å². The summed E-state index contributed by atoms with van der Waals surface area (Å²) in [6, 6.07) is 0.304. The average molecular weight is 378 g/mol. The molecular weight excluding hydrogens is 353 g/mol.